The molecule has 1 aromatic carbocycles. The smallest absolute Gasteiger partial charge is 0.0414 e. The molecule has 0 spiro atoms. The second-order valence-corrected chi connectivity index (χ2v) is 6.08. The quantitative estimate of drug-likeness (QED) is 0.730. The molecule has 16 heavy (non-hydrogen) atoms. The fraction of sp³-hybridized carbons (Fsp3) is 0.600. The molecule has 0 aliphatic carbocycles. The third kappa shape index (κ3) is 1.95. The van der Waals surface area contributed by atoms with E-state index in [0.29, 0.717) is 11.8 Å². The van der Waals surface area contributed by atoms with Crippen molar-refractivity contribution >= 4 is 5.69 Å². The Morgan fingerprint density at radius 1 is 1.31 bits per heavy atom. The standard InChI is InChI=1S/C15H23N/c1-10(2)12-7-6-8-13-11(3)9-15(4,5)16-14(12)13/h6-8,10-11,16H,9H2,1-5H3. The Morgan fingerprint density at radius 2 is 2.00 bits per heavy atom. The Morgan fingerprint density at radius 3 is 2.62 bits per heavy atom. The molecule has 0 fully saturated rings. The van der Waals surface area contributed by atoms with Gasteiger partial charge in [-0.2, -0.15) is 0 Å². The van der Waals surface area contributed by atoms with Crippen molar-refractivity contribution in [3.8, 4) is 0 Å². The fourth-order valence-electron chi connectivity index (χ4n) is 2.89. The zero-order chi connectivity index (χ0) is 11.9. The largest absolute Gasteiger partial charge is 0.380 e. The third-order valence-electron chi connectivity index (χ3n) is 3.56. The number of hydrogen-bond donors (Lipinski definition) is 1. The summed E-state index contributed by atoms with van der Waals surface area (Å²) in [6, 6.07) is 6.73. The van der Waals surface area contributed by atoms with E-state index < -0.39 is 0 Å². The van der Waals surface area contributed by atoms with E-state index in [1.165, 1.54) is 23.2 Å². The van der Waals surface area contributed by atoms with Gasteiger partial charge in [0.2, 0.25) is 0 Å². The van der Waals surface area contributed by atoms with Crippen LogP contribution in [0.3, 0.4) is 0 Å². The lowest BCUT2D eigenvalue weighted by atomic mass is 9.80. The van der Waals surface area contributed by atoms with E-state index in [9.17, 15) is 0 Å². The highest BCUT2D eigenvalue weighted by atomic mass is 15.0. The minimum absolute atomic E-state index is 0.220. The molecule has 1 aromatic rings. The van der Waals surface area contributed by atoms with Crippen LogP contribution in [0.1, 0.15) is 64.0 Å². The van der Waals surface area contributed by atoms with E-state index in [4.69, 9.17) is 0 Å². The topological polar surface area (TPSA) is 12.0 Å². The Balaban J connectivity index is 2.53. The number of nitrogens with one attached hydrogen (secondary N) is 1. The van der Waals surface area contributed by atoms with Crippen LogP contribution in [0.2, 0.25) is 0 Å². The third-order valence-corrected chi connectivity index (χ3v) is 3.56. The van der Waals surface area contributed by atoms with E-state index in [1.54, 1.807) is 0 Å². The van der Waals surface area contributed by atoms with Gasteiger partial charge in [-0.05, 0) is 43.2 Å². The Hall–Kier alpha value is -0.980. The first-order valence-electron chi connectivity index (χ1n) is 6.32. The van der Waals surface area contributed by atoms with Crippen molar-refractivity contribution in [3.63, 3.8) is 0 Å². The lowest BCUT2D eigenvalue weighted by Crippen LogP contribution is -2.37. The van der Waals surface area contributed by atoms with Crippen LogP contribution in [0.5, 0.6) is 0 Å². The van der Waals surface area contributed by atoms with E-state index in [0.717, 1.165) is 0 Å². The minimum Gasteiger partial charge on any atom is -0.380 e. The first kappa shape index (κ1) is 11.5. The molecule has 1 unspecified atom stereocenters. The van der Waals surface area contributed by atoms with Gasteiger partial charge in [0.25, 0.3) is 0 Å². The molecule has 1 aliphatic heterocycles. The highest BCUT2D eigenvalue weighted by Crippen LogP contribution is 2.42. The van der Waals surface area contributed by atoms with E-state index in [-0.39, 0.29) is 5.54 Å². The summed E-state index contributed by atoms with van der Waals surface area (Å²) in [7, 11) is 0. The van der Waals surface area contributed by atoms with Gasteiger partial charge in [0, 0.05) is 11.2 Å². The maximum atomic E-state index is 3.72. The van der Waals surface area contributed by atoms with Crippen LogP contribution in [-0.4, -0.2) is 5.54 Å². The first-order chi connectivity index (χ1) is 7.41. The van der Waals surface area contributed by atoms with Crippen LogP contribution in [0, 0.1) is 0 Å². The van der Waals surface area contributed by atoms with Crippen molar-refractivity contribution in [2.45, 2.75) is 58.4 Å². The molecule has 0 saturated heterocycles. The Bertz CT molecular complexity index is 376. The van der Waals surface area contributed by atoms with Gasteiger partial charge in [-0.15, -0.1) is 0 Å². The van der Waals surface area contributed by atoms with Crippen molar-refractivity contribution in [1.29, 1.82) is 0 Å². The lowest BCUT2D eigenvalue weighted by Gasteiger charge is -2.39. The van der Waals surface area contributed by atoms with Gasteiger partial charge in [0.05, 0.1) is 0 Å². The monoisotopic (exact) mass is 217 g/mol. The number of rotatable bonds is 1. The summed E-state index contributed by atoms with van der Waals surface area (Å²) in [6.07, 6.45) is 1.21. The van der Waals surface area contributed by atoms with Crippen molar-refractivity contribution in [1.82, 2.24) is 0 Å². The molecule has 1 N–H and O–H groups in total. The van der Waals surface area contributed by atoms with Crippen LogP contribution < -0.4 is 5.32 Å². The fourth-order valence-corrected chi connectivity index (χ4v) is 2.89. The molecule has 1 atom stereocenters. The number of fused-ring (bicyclic) bond motifs is 1. The Labute approximate surface area is 99.3 Å². The van der Waals surface area contributed by atoms with Crippen molar-refractivity contribution in [2.24, 2.45) is 0 Å². The second kappa shape index (κ2) is 3.80. The molecule has 88 valence electrons. The molecule has 0 radical (unpaired) electrons. The van der Waals surface area contributed by atoms with Gasteiger partial charge < -0.3 is 5.32 Å². The van der Waals surface area contributed by atoms with Crippen LogP contribution >= 0.6 is 0 Å². The lowest BCUT2D eigenvalue weighted by molar-refractivity contribution is 0.452. The van der Waals surface area contributed by atoms with Crippen LogP contribution in [0.4, 0.5) is 5.69 Å². The highest BCUT2D eigenvalue weighted by molar-refractivity contribution is 5.63. The maximum Gasteiger partial charge on any atom is 0.0414 e. The average molecular weight is 217 g/mol. The molecule has 0 amide bonds. The molecule has 0 aromatic heterocycles. The maximum absolute atomic E-state index is 3.72. The molecular formula is C15H23N. The first-order valence-corrected chi connectivity index (χ1v) is 6.32. The summed E-state index contributed by atoms with van der Waals surface area (Å²) in [4.78, 5) is 0. The van der Waals surface area contributed by atoms with Gasteiger partial charge in [0.15, 0.2) is 0 Å². The van der Waals surface area contributed by atoms with Gasteiger partial charge in [0.1, 0.15) is 0 Å². The summed E-state index contributed by atoms with van der Waals surface area (Å²) < 4.78 is 0. The number of para-hydroxylation sites is 1. The predicted octanol–water partition coefficient (Wildman–Crippen LogP) is 4.51. The second-order valence-electron chi connectivity index (χ2n) is 6.08. The molecule has 0 saturated carbocycles. The predicted molar refractivity (Wildman–Crippen MR) is 71.3 cm³/mol. The molecule has 1 nitrogen and oxygen atoms in total. The van der Waals surface area contributed by atoms with Gasteiger partial charge in [-0.25, -0.2) is 0 Å². The zero-order valence-electron chi connectivity index (χ0n) is 11.1. The Kier molecular flexibility index (Phi) is 2.73. The summed E-state index contributed by atoms with van der Waals surface area (Å²) in [5.74, 6) is 1.24. The molecule has 2 rings (SSSR count). The minimum atomic E-state index is 0.220. The van der Waals surface area contributed by atoms with Crippen LogP contribution in [0.25, 0.3) is 0 Å². The molecule has 0 bridgehead atoms. The van der Waals surface area contributed by atoms with Gasteiger partial charge in [-0.3, -0.25) is 0 Å². The summed E-state index contributed by atoms with van der Waals surface area (Å²) in [5.41, 5.74) is 4.56. The van der Waals surface area contributed by atoms with Crippen molar-refractivity contribution in [3.05, 3.63) is 29.3 Å². The number of anilines is 1. The number of hydrogen-bond acceptors (Lipinski definition) is 1. The van der Waals surface area contributed by atoms with E-state index in [2.05, 4.69) is 58.1 Å². The summed E-state index contributed by atoms with van der Waals surface area (Å²) in [5, 5.41) is 3.72. The van der Waals surface area contributed by atoms with E-state index in [1.807, 2.05) is 0 Å². The number of benzene rings is 1. The SMILES string of the molecule is CC(C)c1cccc2c1NC(C)(C)CC2C. The van der Waals surface area contributed by atoms with Crippen molar-refractivity contribution in [2.75, 3.05) is 5.32 Å². The van der Waals surface area contributed by atoms with Crippen LogP contribution in [0.15, 0.2) is 18.2 Å². The van der Waals surface area contributed by atoms with Gasteiger partial charge in [-0.1, -0.05) is 39.0 Å². The van der Waals surface area contributed by atoms with Crippen LogP contribution in [-0.2, 0) is 0 Å². The highest BCUT2D eigenvalue weighted by Gasteiger charge is 2.30. The molecule has 1 heterocycles. The molecule has 1 heteroatoms. The summed E-state index contributed by atoms with van der Waals surface area (Å²) in [6.45, 7) is 11.5. The summed E-state index contributed by atoms with van der Waals surface area (Å²) >= 11 is 0. The average Bonchev–Trinajstić information content (AvgIpc) is 2.14. The van der Waals surface area contributed by atoms with Crippen molar-refractivity contribution < 1.29 is 0 Å². The zero-order valence-corrected chi connectivity index (χ0v) is 11.1. The molecular weight excluding hydrogens is 194 g/mol. The molecule has 1 aliphatic rings. The normalized spacial score (nSPS) is 22.8. The van der Waals surface area contributed by atoms with E-state index >= 15 is 0 Å². The van der Waals surface area contributed by atoms with Gasteiger partial charge >= 0.3 is 0 Å².